The van der Waals surface area contributed by atoms with Crippen molar-refractivity contribution in [2.75, 3.05) is 12.0 Å². The lowest BCUT2D eigenvalue weighted by atomic mass is 10.2. The Hall–Kier alpha value is -1.46. The number of anilines is 1. The van der Waals surface area contributed by atoms with Crippen LogP contribution in [0.3, 0.4) is 0 Å². The van der Waals surface area contributed by atoms with Crippen LogP contribution >= 0.6 is 11.8 Å². The van der Waals surface area contributed by atoms with E-state index in [0.717, 1.165) is 9.79 Å². The summed E-state index contributed by atoms with van der Waals surface area (Å²) in [7, 11) is -3.21. The van der Waals surface area contributed by atoms with Crippen molar-refractivity contribution in [3.8, 4) is 0 Å². The SMILES string of the molecule is Cc1cccc(Sc2ccc(S(C)(=O)=O)cc2N)c1. The first-order valence-electron chi connectivity index (χ1n) is 5.70. The Bertz CT molecular complexity index is 709. The van der Waals surface area contributed by atoms with Gasteiger partial charge in [0.15, 0.2) is 9.84 Å². The molecule has 0 saturated heterocycles. The van der Waals surface area contributed by atoms with Gasteiger partial charge in [0, 0.05) is 21.7 Å². The monoisotopic (exact) mass is 293 g/mol. The fourth-order valence-corrected chi connectivity index (χ4v) is 3.27. The first-order valence-corrected chi connectivity index (χ1v) is 8.41. The fraction of sp³-hybridized carbons (Fsp3) is 0.143. The molecule has 100 valence electrons. The van der Waals surface area contributed by atoms with Crippen LogP contribution in [-0.4, -0.2) is 14.7 Å². The zero-order valence-corrected chi connectivity index (χ0v) is 12.4. The molecule has 2 aromatic rings. The second-order valence-electron chi connectivity index (χ2n) is 4.39. The molecule has 0 aromatic heterocycles. The predicted molar refractivity (Wildman–Crippen MR) is 79.3 cm³/mol. The second kappa shape index (κ2) is 5.27. The summed E-state index contributed by atoms with van der Waals surface area (Å²) in [5.41, 5.74) is 7.58. The summed E-state index contributed by atoms with van der Waals surface area (Å²) in [6, 6.07) is 12.9. The molecule has 0 aliphatic rings. The summed E-state index contributed by atoms with van der Waals surface area (Å²) >= 11 is 1.53. The van der Waals surface area contributed by atoms with Gasteiger partial charge in [0.1, 0.15) is 0 Å². The van der Waals surface area contributed by atoms with Crippen LogP contribution in [0, 0.1) is 6.92 Å². The average molecular weight is 293 g/mol. The zero-order chi connectivity index (χ0) is 14.0. The van der Waals surface area contributed by atoms with E-state index in [9.17, 15) is 8.42 Å². The van der Waals surface area contributed by atoms with Crippen LogP contribution in [0.5, 0.6) is 0 Å². The predicted octanol–water partition coefficient (Wildman–Crippen LogP) is 3.13. The van der Waals surface area contributed by atoms with Crippen LogP contribution in [0.25, 0.3) is 0 Å². The molecular formula is C14H15NO2S2. The van der Waals surface area contributed by atoms with Crippen molar-refractivity contribution in [1.29, 1.82) is 0 Å². The van der Waals surface area contributed by atoms with Gasteiger partial charge in [0.05, 0.1) is 4.90 Å². The molecule has 0 aliphatic heterocycles. The fourth-order valence-electron chi connectivity index (χ4n) is 1.66. The summed E-state index contributed by atoms with van der Waals surface area (Å²) < 4.78 is 22.9. The summed E-state index contributed by atoms with van der Waals surface area (Å²) in [4.78, 5) is 2.19. The number of nitrogens with two attached hydrogens (primary N) is 1. The van der Waals surface area contributed by atoms with Crippen molar-refractivity contribution < 1.29 is 8.42 Å². The molecule has 0 aliphatic carbocycles. The summed E-state index contributed by atoms with van der Waals surface area (Å²) in [6.45, 7) is 2.03. The number of nitrogen functional groups attached to an aromatic ring is 1. The smallest absolute Gasteiger partial charge is 0.175 e. The lowest BCUT2D eigenvalue weighted by molar-refractivity contribution is 0.602. The van der Waals surface area contributed by atoms with E-state index in [1.54, 1.807) is 12.1 Å². The Labute approximate surface area is 117 Å². The highest BCUT2D eigenvalue weighted by molar-refractivity contribution is 7.99. The van der Waals surface area contributed by atoms with Gasteiger partial charge in [-0.2, -0.15) is 0 Å². The van der Waals surface area contributed by atoms with Gasteiger partial charge < -0.3 is 5.73 Å². The maximum atomic E-state index is 11.4. The minimum Gasteiger partial charge on any atom is -0.398 e. The molecule has 0 amide bonds. The Balaban J connectivity index is 2.32. The zero-order valence-electron chi connectivity index (χ0n) is 10.8. The molecule has 0 heterocycles. The Morgan fingerprint density at radius 3 is 2.42 bits per heavy atom. The van der Waals surface area contributed by atoms with Crippen LogP contribution in [0.4, 0.5) is 5.69 Å². The van der Waals surface area contributed by atoms with Crippen LogP contribution in [0.2, 0.25) is 0 Å². The molecule has 2 N–H and O–H groups in total. The molecule has 0 radical (unpaired) electrons. The molecule has 0 fully saturated rings. The normalized spacial score (nSPS) is 11.5. The van der Waals surface area contributed by atoms with E-state index in [1.807, 2.05) is 25.1 Å². The molecule has 5 heteroatoms. The number of aryl methyl sites for hydroxylation is 1. The number of hydrogen-bond donors (Lipinski definition) is 1. The van der Waals surface area contributed by atoms with E-state index in [-0.39, 0.29) is 4.90 Å². The Kier molecular flexibility index (Phi) is 3.87. The molecule has 3 nitrogen and oxygen atoms in total. The lowest BCUT2D eigenvalue weighted by Gasteiger charge is -2.07. The highest BCUT2D eigenvalue weighted by Gasteiger charge is 2.10. The largest absolute Gasteiger partial charge is 0.398 e. The summed E-state index contributed by atoms with van der Waals surface area (Å²) in [6.07, 6.45) is 1.18. The van der Waals surface area contributed by atoms with E-state index >= 15 is 0 Å². The van der Waals surface area contributed by atoms with E-state index < -0.39 is 9.84 Å². The molecule has 0 bridgehead atoms. The third kappa shape index (κ3) is 3.52. The minimum atomic E-state index is -3.21. The van der Waals surface area contributed by atoms with Gasteiger partial charge in [-0.05, 0) is 37.3 Å². The quantitative estimate of drug-likeness (QED) is 0.883. The highest BCUT2D eigenvalue weighted by Crippen LogP contribution is 2.33. The van der Waals surface area contributed by atoms with Crippen LogP contribution in [0.1, 0.15) is 5.56 Å². The number of hydrogen-bond acceptors (Lipinski definition) is 4. The second-order valence-corrected chi connectivity index (χ2v) is 7.52. The van der Waals surface area contributed by atoms with Crippen molar-refractivity contribution >= 4 is 27.3 Å². The third-order valence-corrected chi connectivity index (χ3v) is 4.82. The number of sulfone groups is 1. The Morgan fingerprint density at radius 1 is 1.11 bits per heavy atom. The highest BCUT2D eigenvalue weighted by atomic mass is 32.2. The lowest BCUT2D eigenvalue weighted by Crippen LogP contribution is -1.99. The summed E-state index contributed by atoms with van der Waals surface area (Å²) in [5.74, 6) is 0. The molecule has 2 rings (SSSR count). The van der Waals surface area contributed by atoms with Crippen LogP contribution in [-0.2, 0) is 9.84 Å². The van der Waals surface area contributed by atoms with Crippen LogP contribution < -0.4 is 5.73 Å². The standard InChI is InChI=1S/C14H15NO2S2/c1-10-4-3-5-11(8-10)18-14-7-6-12(9-13(14)15)19(2,16)17/h3-9H,15H2,1-2H3. The van der Waals surface area contributed by atoms with E-state index in [0.29, 0.717) is 5.69 Å². The van der Waals surface area contributed by atoms with E-state index in [2.05, 4.69) is 6.07 Å². The Morgan fingerprint density at radius 2 is 1.84 bits per heavy atom. The maximum Gasteiger partial charge on any atom is 0.175 e. The van der Waals surface area contributed by atoms with Gasteiger partial charge in [-0.3, -0.25) is 0 Å². The van der Waals surface area contributed by atoms with Gasteiger partial charge in [0.25, 0.3) is 0 Å². The van der Waals surface area contributed by atoms with Crippen molar-refractivity contribution in [2.45, 2.75) is 21.6 Å². The van der Waals surface area contributed by atoms with Gasteiger partial charge in [-0.25, -0.2) is 8.42 Å². The summed E-state index contributed by atoms with van der Waals surface area (Å²) in [5, 5.41) is 0. The van der Waals surface area contributed by atoms with Gasteiger partial charge >= 0.3 is 0 Å². The van der Waals surface area contributed by atoms with Crippen molar-refractivity contribution in [3.63, 3.8) is 0 Å². The first-order chi connectivity index (χ1) is 8.86. The first kappa shape index (κ1) is 14.0. The minimum absolute atomic E-state index is 0.249. The van der Waals surface area contributed by atoms with Crippen molar-refractivity contribution in [1.82, 2.24) is 0 Å². The molecule has 0 unspecified atom stereocenters. The van der Waals surface area contributed by atoms with Crippen molar-refractivity contribution in [2.24, 2.45) is 0 Å². The molecular weight excluding hydrogens is 278 g/mol. The average Bonchev–Trinajstić information content (AvgIpc) is 2.30. The number of benzene rings is 2. The molecule has 0 atom stereocenters. The third-order valence-electron chi connectivity index (χ3n) is 2.63. The van der Waals surface area contributed by atoms with Crippen LogP contribution in [0.15, 0.2) is 57.2 Å². The van der Waals surface area contributed by atoms with Gasteiger partial charge in [0.2, 0.25) is 0 Å². The molecule has 2 aromatic carbocycles. The van der Waals surface area contributed by atoms with E-state index in [4.69, 9.17) is 5.73 Å². The van der Waals surface area contributed by atoms with E-state index in [1.165, 1.54) is 29.6 Å². The molecule has 0 spiro atoms. The number of rotatable bonds is 3. The van der Waals surface area contributed by atoms with Gasteiger partial charge in [-0.15, -0.1) is 0 Å². The molecule has 19 heavy (non-hydrogen) atoms. The maximum absolute atomic E-state index is 11.4. The topological polar surface area (TPSA) is 60.2 Å². The molecule has 0 saturated carbocycles. The van der Waals surface area contributed by atoms with Crippen molar-refractivity contribution in [3.05, 3.63) is 48.0 Å². The van der Waals surface area contributed by atoms with Gasteiger partial charge in [-0.1, -0.05) is 29.5 Å².